The smallest absolute Gasteiger partial charge is 0.407 e. The first-order valence-electron chi connectivity index (χ1n) is 8.03. The van der Waals surface area contributed by atoms with Crippen LogP contribution in [0, 0.1) is 5.41 Å². The Morgan fingerprint density at radius 2 is 1.91 bits per heavy atom. The summed E-state index contributed by atoms with van der Waals surface area (Å²) in [6.45, 7) is 10.3. The van der Waals surface area contributed by atoms with E-state index < -0.39 is 17.1 Å². The van der Waals surface area contributed by atoms with Gasteiger partial charge in [0, 0.05) is 18.3 Å². The standard InChI is InChI=1S/C16H30N2O3S/c1-6-16(5,11-18-14(20)21-15(2,3)4)13(19)17-10-12-8-7-9-22-12/h12H,6-11H2,1-5H3,(H,17,19)(H,18,20)/t12-,16+/m1/s1. The van der Waals surface area contributed by atoms with Crippen LogP contribution >= 0.6 is 11.8 Å². The van der Waals surface area contributed by atoms with Crippen LogP contribution in [0.5, 0.6) is 0 Å². The second-order valence-corrected chi connectivity index (χ2v) is 8.52. The van der Waals surface area contributed by atoms with Gasteiger partial charge in [-0.2, -0.15) is 11.8 Å². The molecule has 0 aliphatic carbocycles. The molecule has 0 saturated carbocycles. The summed E-state index contributed by atoms with van der Waals surface area (Å²) in [7, 11) is 0. The molecular weight excluding hydrogens is 300 g/mol. The fourth-order valence-electron chi connectivity index (χ4n) is 2.17. The molecule has 6 heteroatoms. The van der Waals surface area contributed by atoms with E-state index in [1.165, 1.54) is 18.6 Å². The molecule has 0 bridgehead atoms. The van der Waals surface area contributed by atoms with Gasteiger partial charge in [0.25, 0.3) is 0 Å². The summed E-state index contributed by atoms with van der Waals surface area (Å²) in [5, 5.41) is 6.28. The van der Waals surface area contributed by atoms with E-state index in [4.69, 9.17) is 4.74 Å². The Morgan fingerprint density at radius 1 is 1.23 bits per heavy atom. The monoisotopic (exact) mass is 330 g/mol. The van der Waals surface area contributed by atoms with Crippen LogP contribution in [-0.4, -0.2) is 41.7 Å². The van der Waals surface area contributed by atoms with E-state index >= 15 is 0 Å². The molecule has 1 aliphatic heterocycles. The van der Waals surface area contributed by atoms with Gasteiger partial charge < -0.3 is 15.4 Å². The summed E-state index contributed by atoms with van der Waals surface area (Å²) in [5.41, 5.74) is -1.14. The van der Waals surface area contributed by atoms with Crippen molar-refractivity contribution in [2.24, 2.45) is 5.41 Å². The Labute approximate surface area is 138 Å². The number of hydrogen-bond acceptors (Lipinski definition) is 4. The van der Waals surface area contributed by atoms with Crippen molar-refractivity contribution >= 4 is 23.8 Å². The van der Waals surface area contributed by atoms with Gasteiger partial charge >= 0.3 is 6.09 Å². The van der Waals surface area contributed by atoms with Crippen LogP contribution in [0.2, 0.25) is 0 Å². The normalized spacial score (nSPS) is 21.0. The number of ether oxygens (including phenoxy) is 1. The topological polar surface area (TPSA) is 67.4 Å². The quantitative estimate of drug-likeness (QED) is 0.786. The fourth-order valence-corrected chi connectivity index (χ4v) is 3.37. The lowest BCUT2D eigenvalue weighted by atomic mass is 9.86. The molecule has 0 aromatic heterocycles. The number of carbonyl (C=O) groups is 2. The summed E-state index contributed by atoms with van der Waals surface area (Å²) < 4.78 is 5.21. The van der Waals surface area contributed by atoms with Gasteiger partial charge in [0.15, 0.2) is 0 Å². The average Bonchev–Trinajstić information content (AvgIpc) is 2.93. The van der Waals surface area contributed by atoms with Crippen molar-refractivity contribution in [3.8, 4) is 0 Å². The van der Waals surface area contributed by atoms with E-state index in [0.29, 0.717) is 18.2 Å². The van der Waals surface area contributed by atoms with Crippen LogP contribution in [0.4, 0.5) is 4.79 Å². The second-order valence-electron chi connectivity index (χ2n) is 7.11. The molecule has 22 heavy (non-hydrogen) atoms. The summed E-state index contributed by atoms with van der Waals surface area (Å²) in [6, 6.07) is 0. The van der Waals surface area contributed by atoms with E-state index in [9.17, 15) is 9.59 Å². The lowest BCUT2D eigenvalue weighted by Crippen LogP contribution is -2.48. The third-order valence-electron chi connectivity index (χ3n) is 3.86. The predicted molar refractivity (Wildman–Crippen MR) is 91.1 cm³/mol. The molecule has 0 radical (unpaired) electrons. The summed E-state index contributed by atoms with van der Waals surface area (Å²) in [4.78, 5) is 24.2. The van der Waals surface area contributed by atoms with Crippen molar-refractivity contribution in [3.63, 3.8) is 0 Å². The highest BCUT2D eigenvalue weighted by atomic mass is 32.2. The molecule has 2 amide bonds. The van der Waals surface area contributed by atoms with Crippen molar-refractivity contribution in [2.75, 3.05) is 18.8 Å². The molecule has 1 rings (SSSR count). The Morgan fingerprint density at radius 3 is 2.41 bits per heavy atom. The van der Waals surface area contributed by atoms with Gasteiger partial charge in [0.1, 0.15) is 5.60 Å². The zero-order chi connectivity index (χ0) is 16.8. The molecule has 128 valence electrons. The van der Waals surface area contributed by atoms with Crippen molar-refractivity contribution in [2.45, 2.75) is 64.7 Å². The lowest BCUT2D eigenvalue weighted by molar-refractivity contribution is -0.130. The van der Waals surface area contributed by atoms with Gasteiger partial charge in [-0.05, 0) is 52.7 Å². The third-order valence-corrected chi connectivity index (χ3v) is 5.26. The number of rotatable bonds is 6. The lowest BCUT2D eigenvalue weighted by Gasteiger charge is -2.28. The summed E-state index contributed by atoms with van der Waals surface area (Å²) in [6.07, 6.45) is 2.58. The van der Waals surface area contributed by atoms with Crippen LogP contribution in [0.3, 0.4) is 0 Å². The molecule has 2 N–H and O–H groups in total. The molecule has 0 unspecified atom stereocenters. The zero-order valence-corrected chi connectivity index (χ0v) is 15.3. The van der Waals surface area contributed by atoms with Crippen LogP contribution in [-0.2, 0) is 9.53 Å². The molecule has 0 aromatic rings. The first-order valence-corrected chi connectivity index (χ1v) is 9.08. The van der Waals surface area contributed by atoms with E-state index in [1.807, 2.05) is 46.4 Å². The Kier molecular flexibility index (Phi) is 7.03. The van der Waals surface area contributed by atoms with Gasteiger partial charge in [-0.1, -0.05) is 6.92 Å². The third kappa shape index (κ3) is 6.46. The highest BCUT2D eigenvalue weighted by Crippen LogP contribution is 2.26. The van der Waals surface area contributed by atoms with Crippen LogP contribution < -0.4 is 10.6 Å². The van der Waals surface area contributed by atoms with Crippen LogP contribution in [0.15, 0.2) is 0 Å². The molecule has 1 aliphatic rings. The zero-order valence-electron chi connectivity index (χ0n) is 14.5. The van der Waals surface area contributed by atoms with Gasteiger partial charge in [0.2, 0.25) is 5.91 Å². The van der Waals surface area contributed by atoms with Crippen LogP contribution in [0.25, 0.3) is 0 Å². The first kappa shape index (κ1) is 19.1. The molecule has 0 spiro atoms. The van der Waals surface area contributed by atoms with Gasteiger partial charge in [-0.25, -0.2) is 4.79 Å². The summed E-state index contributed by atoms with van der Waals surface area (Å²) in [5.74, 6) is 1.18. The fraction of sp³-hybridized carbons (Fsp3) is 0.875. The number of amides is 2. The average molecular weight is 330 g/mol. The number of carbonyl (C=O) groups excluding carboxylic acids is 2. The highest BCUT2D eigenvalue weighted by molar-refractivity contribution is 8.00. The summed E-state index contributed by atoms with van der Waals surface area (Å²) >= 11 is 1.92. The van der Waals surface area contributed by atoms with Gasteiger partial charge in [-0.3, -0.25) is 4.79 Å². The number of thioether (sulfide) groups is 1. The van der Waals surface area contributed by atoms with E-state index in [1.54, 1.807) is 0 Å². The Hall–Kier alpha value is -0.910. The predicted octanol–water partition coefficient (Wildman–Crippen LogP) is 2.94. The Balaban J connectivity index is 2.44. The minimum Gasteiger partial charge on any atom is -0.444 e. The van der Waals surface area contributed by atoms with E-state index in [-0.39, 0.29) is 12.5 Å². The molecular formula is C16H30N2O3S. The van der Waals surface area contributed by atoms with Crippen molar-refractivity contribution in [1.82, 2.24) is 10.6 Å². The van der Waals surface area contributed by atoms with Crippen molar-refractivity contribution < 1.29 is 14.3 Å². The molecule has 2 atom stereocenters. The maximum atomic E-state index is 12.4. The second kappa shape index (κ2) is 8.09. The Bertz CT molecular complexity index is 389. The van der Waals surface area contributed by atoms with Gasteiger partial charge in [-0.15, -0.1) is 0 Å². The highest BCUT2D eigenvalue weighted by Gasteiger charge is 2.33. The van der Waals surface area contributed by atoms with Gasteiger partial charge in [0.05, 0.1) is 5.41 Å². The van der Waals surface area contributed by atoms with Crippen LogP contribution in [0.1, 0.15) is 53.9 Å². The SMILES string of the molecule is CC[C@@](C)(CNC(=O)OC(C)(C)C)C(=O)NC[C@H]1CCCS1. The first-order chi connectivity index (χ1) is 10.2. The largest absolute Gasteiger partial charge is 0.444 e. The number of alkyl carbamates (subject to hydrolysis) is 1. The molecule has 1 fully saturated rings. The number of nitrogens with one attached hydrogen (secondary N) is 2. The molecule has 5 nitrogen and oxygen atoms in total. The number of hydrogen-bond donors (Lipinski definition) is 2. The molecule has 1 heterocycles. The minimum absolute atomic E-state index is 0.00133. The molecule has 0 aromatic carbocycles. The van der Waals surface area contributed by atoms with E-state index in [2.05, 4.69) is 10.6 Å². The molecule has 1 saturated heterocycles. The van der Waals surface area contributed by atoms with Crippen molar-refractivity contribution in [3.05, 3.63) is 0 Å². The maximum Gasteiger partial charge on any atom is 0.407 e. The minimum atomic E-state index is -0.611. The maximum absolute atomic E-state index is 12.4. The van der Waals surface area contributed by atoms with E-state index in [0.717, 1.165) is 0 Å². The van der Waals surface area contributed by atoms with Crippen molar-refractivity contribution in [1.29, 1.82) is 0 Å².